The third-order valence-electron chi connectivity index (χ3n) is 2.41. The van der Waals surface area contributed by atoms with Crippen LogP contribution in [-0.2, 0) is 9.53 Å². The highest BCUT2D eigenvalue weighted by Crippen LogP contribution is 2.19. The van der Waals surface area contributed by atoms with Crippen molar-refractivity contribution in [3.8, 4) is 0 Å². The average Bonchev–Trinajstić information content (AvgIpc) is 2.23. The van der Waals surface area contributed by atoms with Crippen LogP contribution in [0.15, 0.2) is 18.2 Å². The first-order chi connectivity index (χ1) is 7.56. The lowest BCUT2D eigenvalue weighted by Gasteiger charge is -2.14. The van der Waals surface area contributed by atoms with E-state index in [1.54, 1.807) is 0 Å². The second-order valence-corrected chi connectivity index (χ2v) is 3.82. The SMILES string of the molecule is COCC(N)C(=O)Nc1c(C)cccc1C. The third-order valence-corrected chi connectivity index (χ3v) is 2.41. The second kappa shape index (κ2) is 5.63. The Kier molecular flexibility index (Phi) is 4.46. The van der Waals surface area contributed by atoms with Gasteiger partial charge in [-0.25, -0.2) is 0 Å². The molecule has 1 rings (SSSR count). The predicted molar refractivity (Wildman–Crippen MR) is 64.4 cm³/mol. The monoisotopic (exact) mass is 222 g/mol. The molecule has 0 radical (unpaired) electrons. The average molecular weight is 222 g/mol. The Labute approximate surface area is 95.8 Å². The van der Waals surface area contributed by atoms with Crippen LogP contribution in [0.2, 0.25) is 0 Å². The van der Waals surface area contributed by atoms with Crippen LogP contribution in [0.25, 0.3) is 0 Å². The van der Waals surface area contributed by atoms with Gasteiger partial charge in [0.15, 0.2) is 0 Å². The first-order valence-electron chi connectivity index (χ1n) is 5.18. The van der Waals surface area contributed by atoms with E-state index in [0.29, 0.717) is 0 Å². The van der Waals surface area contributed by atoms with Crippen molar-refractivity contribution in [3.05, 3.63) is 29.3 Å². The first kappa shape index (κ1) is 12.7. The normalized spacial score (nSPS) is 12.2. The number of ether oxygens (including phenoxy) is 1. The summed E-state index contributed by atoms with van der Waals surface area (Å²) in [7, 11) is 1.52. The molecular weight excluding hydrogens is 204 g/mol. The number of carbonyl (C=O) groups is 1. The summed E-state index contributed by atoms with van der Waals surface area (Å²) < 4.78 is 4.84. The lowest BCUT2D eigenvalue weighted by atomic mass is 10.1. The maximum Gasteiger partial charge on any atom is 0.243 e. The van der Waals surface area contributed by atoms with E-state index in [4.69, 9.17) is 10.5 Å². The number of anilines is 1. The van der Waals surface area contributed by atoms with E-state index >= 15 is 0 Å². The van der Waals surface area contributed by atoms with E-state index in [9.17, 15) is 4.79 Å². The van der Waals surface area contributed by atoms with Gasteiger partial charge in [0.25, 0.3) is 0 Å². The van der Waals surface area contributed by atoms with Gasteiger partial charge in [0.05, 0.1) is 6.61 Å². The van der Waals surface area contributed by atoms with Crippen molar-refractivity contribution in [2.45, 2.75) is 19.9 Å². The number of para-hydroxylation sites is 1. The molecule has 0 aromatic heterocycles. The fourth-order valence-electron chi connectivity index (χ4n) is 1.48. The van der Waals surface area contributed by atoms with Crippen molar-refractivity contribution in [2.75, 3.05) is 19.0 Å². The van der Waals surface area contributed by atoms with E-state index in [2.05, 4.69) is 5.32 Å². The van der Waals surface area contributed by atoms with Crippen molar-refractivity contribution >= 4 is 11.6 Å². The zero-order valence-corrected chi connectivity index (χ0v) is 9.91. The highest BCUT2D eigenvalue weighted by Gasteiger charge is 2.14. The van der Waals surface area contributed by atoms with Crippen LogP contribution >= 0.6 is 0 Å². The summed E-state index contributed by atoms with van der Waals surface area (Å²) in [5.41, 5.74) is 8.52. The fraction of sp³-hybridized carbons (Fsp3) is 0.417. The Morgan fingerprint density at radius 1 is 1.44 bits per heavy atom. The topological polar surface area (TPSA) is 64.3 Å². The molecule has 3 N–H and O–H groups in total. The molecule has 88 valence electrons. The number of benzene rings is 1. The number of aryl methyl sites for hydroxylation is 2. The van der Waals surface area contributed by atoms with Crippen LogP contribution in [0.5, 0.6) is 0 Å². The Balaban J connectivity index is 2.77. The van der Waals surface area contributed by atoms with Crippen molar-refractivity contribution in [2.24, 2.45) is 5.73 Å². The molecule has 1 unspecified atom stereocenters. The largest absolute Gasteiger partial charge is 0.383 e. The molecule has 4 nitrogen and oxygen atoms in total. The minimum Gasteiger partial charge on any atom is -0.383 e. The molecule has 1 atom stereocenters. The smallest absolute Gasteiger partial charge is 0.243 e. The molecule has 0 aliphatic rings. The summed E-state index contributed by atoms with van der Waals surface area (Å²) >= 11 is 0. The van der Waals surface area contributed by atoms with Gasteiger partial charge in [-0.15, -0.1) is 0 Å². The van der Waals surface area contributed by atoms with Crippen LogP contribution in [-0.4, -0.2) is 25.7 Å². The van der Waals surface area contributed by atoms with Crippen LogP contribution in [0.1, 0.15) is 11.1 Å². The lowest BCUT2D eigenvalue weighted by Crippen LogP contribution is -2.39. The number of carbonyl (C=O) groups excluding carboxylic acids is 1. The molecule has 16 heavy (non-hydrogen) atoms. The minimum absolute atomic E-state index is 0.219. The van der Waals surface area contributed by atoms with Gasteiger partial charge in [-0.2, -0.15) is 0 Å². The molecule has 1 aromatic rings. The van der Waals surface area contributed by atoms with Gasteiger partial charge in [-0.1, -0.05) is 18.2 Å². The summed E-state index contributed by atoms with van der Waals surface area (Å²) in [5, 5.41) is 2.82. The fourth-order valence-corrected chi connectivity index (χ4v) is 1.48. The molecule has 0 bridgehead atoms. The van der Waals surface area contributed by atoms with Gasteiger partial charge in [0, 0.05) is 12.8 Å². The molecule has 0 aliphatic carbocycles. The summed E-state index contributed by atoms with van der Waals surface area (Å²) in [6, 6.07) is 5.22. The molecule has 4 heteroatoms. The van der Waals surface area contributed by atoms with Crippen molar-refractivity contribution in [3.63, 3.8) is 0 Å². The van der Waals surface area contributed by atoms with Crippen LogP contribution in [0, 0.1) is 13.8 Å². The van der Waals surface area contributed by atoms with E-state index in [0.717, 1.165) is 16.8 Å². The summed E-state index contributed by atoms with van der Waals surface area (Å²) in [5.74, 6) is -0.223. The Bertz CT molecular complexity index is 357. The van der Waals surface area contributed by atoms with Crippen molar-refractivity contribution in [1.82, 2.24) is 0 Å². The van der Waals surface area contributed by atoms with E-state index in [1.165, 1.54) is 7.11 Å². The number of hydrogen-bond acceptors (Lipinski definition) is 3. The van der Waals surface area contributed by atoms with E-state index in [1.807, 2.05) is 32.0 Å². The first-order valence-corrected chi connectivity index (χ1v) is 5.18. The van der Waals surface area contributed by atoms with Gasteiger partial charge in [-0.05, 0) is 25.0 Å². The van der Waals surface area contributed by atoms with Gasteiger partial charge in [0.1, 0.15) is 6.04 Å². The van der Waals surface area contributed by atoms with Crippen LogP contribution < -0.4 is 11.1 Å². The number of nitrogens with two attached hydrogens (primary N) is 1. The van der Waals surface area contributed by atoms with Gasteiger partial charge < -0.3 is 15.8 Å². The van der Waals surface area contributed by atoms with E-state index in [-0.39, 0.29) is 12.5 Å². The molecule has 0 fully saturated rings. The molecule has 0 saturated heterocycles. The van der Waals surface area contributed by atoms with Crippen LogP contribution in [0.3, 0.4) is 0 Å². The van der Waals surface area contributed by atoms with Crippen molar-refractivity contribution in [1.29, 1.82) is 0 Å². The van der Waals surface area contributed by atoms with Crippen molar-refractivity contribution < 1.29 is 9.53 Å². The molecule has 0 saturated carbocycles. The number of hydrogen-bond donors (Lipinski definition) is 2. The van der Waals surface area contributed by atoms with Gasteiger partial charge >= 0.3 is 0 Å². The zero-order chi connectivity index (χ0) is 12.1. The number of amides is 1. The maximum absolute atomic E-state index is 11.7. The summed E-state index contributed by atoms with van der Waals surface area (Å²) in [6.45, 7) is 4.12. The van der Waals surface area contributed by atoms with Gasteiger partial charge in [-0.3, -0.25) is 4.79 Å². The van der Waals surface area contributed by atoms with Gasteiger partial charge in [0.2, 0.25) is 5.91 Å². The molecule has 1 amide bonds. The molecule has 1 aromatic carbocycles. The summed E-state index contributed by atoms with van der Waals surface area (Å²) in [4.78, 5) is 11.7. The minimum atomic E-state index is -0.635. The lowest BCUT2D eigenvalue weighted by molar-refractivity contribution is -0.118. The molecule has 0 heterocycles. The highest BCUT2D eigenvalue weighted by atomic mass is 16.5. The highest BCUT2D eigenvalue weighted by molar-refractivity contribution is 5.96. The zero-order valence-electron chi connectivity index (χ0n) is 9.91. The van der Waals surface area contributed by atoms with E-state index < -0.39 is 6.04 Å². The maximum atomic E-state index is 11.7. The third kappa shape index (κ3) is 3.05. The standard InChI is InChI=1S/C12H18N2O2/c1-8-5-4-6-9(2)11(8)14-12(15)10(13)7-16-3/h4-6,10H,7,13H2,1-3H3,(H,14,15). The molecule has 0 aliphatic heterocycles. The van der Waals surface area contributed by atoms with Crippen LogP contribution in [0.4, 0.5) is 5.69 Å². The molecule has 0 spiro atoms. The Morgan fingerprint density at radius 2 is 2.00 bits per heavy atom. The Morgan fingerprint density at radius 3 is 2.50 bits per heavy atom. The number of methoxy groups -OCH3 is 1. The summed E-state index contributed by atoms with van der Waals surface area (Å²) in [6.07, 6.45) is 0. The Hall–Kier alpha value is -1.39. The number of nitrogens with one attached hydrogen (secondary N) is 1. The second-order valence-electron chi connectivity index (χ2n) is 3.82. The quantitative estimate of drug-likeness (QED) is 0.805. The predicted octanol–water partition coefficient (Wildman–Crippen LogP) is 1.22. The number of rotatable bonds is 4. The molecular formula is C12H18N2O2.